The van der Waals surface area contributed by atoms with Gasteiger partial charge in [-0.05, 0) is 77.7 Å². The molecule has 0 fully saturated rings. The number of aromatic nitrogens is 4. The lowest BCUT2D eigenvalue weighted by atomic mass is 10.1. The van der Waals surface area contributed by atoms with Gasteiger partial charge >= 0.3 is 5.69 Å². The molecule has 1 unspecified atom stereocenters. The first kappa shape index (κ1) is 23.6. The molecule has 9 nitrogen and oxygen atoms in total. The summed E-state index contributed by atoms with van der Waals surface area (Å²) in [5.41, 5.74) is 7.82. The van der Waals surface area contributed by atoms with Crippen LogP contribution in [0.1, 0.15) is 37.5 Å². The highest BCUT2D eigenvalue weighted by Gasteiger charge is 2.22. The van der Waals surface area contributed by atoms with Gasteiger partial charge in [-0.3, -0.25) is 0 Å². The van der Waals surface area contributed by atoms with Gasteiger partial charge in [-0.15, -0.1) is 0 Å². The molecule has 0 bridgehead atoms. The van der Waals surface area contributed by atoms with Crippen LogP contribution in [0.3, 0.4) is 0 Å². The van der Waals surface area contributed by atoms with Crippen molar-refractivity contribution in [3.63, 3.8) is 0 Å². The molecule has 0 spiro atoms. The van der Waals surface area contributed by atoms with Gasteiger partial charge in [0.05, 0.1) is 24.1 Å². The number of aryl methyl sites for hydroxylation is 2. The Morgan fingerprint density at radius 3 is 2.59 bits per heavy atom. The summed E-state index contributed by atoms with van der Waals surface area (Å²) in [5.74, 6) is 1.92. The normalized spacial score (nSPS) is 15.7. The van der Waals surface area contributed by atoms with Crippen molar-refractivity contribution in [2.24, 2.45) is 13.0 Å². The van der Waals surface area contributed by atoms with Crippen LogP contribution < -0.4 is 20.6 Å². The van der Waals surface area contributed by atoms with Crippen LogP contribution in [0, 0.1) is 12.8 Å². The first-order valence-electron chi connectivity index (χ1n) is 11.4. The predicted molar refractivity (Wildman–Crippen MR) is 131 cm³/mol. The van der Waals surface area contributed by atoms with Crippen molar-refractivity contribution in [2.75, 3.05) is 13.7 Å². The van der Waals surface area contributed by atoms with Crippen molar-refractivity contribution in [3.05, 3.63) is 69.6 Å². The molecule has 1 aliphatic rings. The number of rotatable bonds is 8. The average molecular weight is 465 g/mol. The van der Waals surface area contributed by atoms with E-state index in [1.807, 2.05) is 25.1 Å². The van der Waals surface area contributed by atoms with E-state index in [1.54, 1.807) is 20.2 Å². The summed E-state index contributed by atoms with van der Waals surface area (Å²) < 4.78 is 14.2. The SMILES string of the molecule is COc1cccc(-n2nnn(C)c2=O)c1COc1ccc(C2=CC(C)NN2CC(C)C)cc1C. The second kappa shape index (κ2) is 9.72. The van der Waals surface area contributed by atoms with Gasteiger partial charge in [0, 0.05) is 19.6 Å². The van der Waals surface area contributed by atoms with Gasteiger partial charge < -0.3 is 14.5 Å². The minimum absolute atomic E-state index is 0.212. The average Bonchev–Trinajstić information content (AvgIpc) is 3.33. The number of methoxy groups -OCH3 is 1. The highest BCUT2D eigenvalue weighted by molar-refractivity contribution is 5.67. The van der Waals surface area contributed by atoms with Crippen LogP contribution in [0.25, 0.3) is 11.4 Å². The molecule has 0 saturated carbocycles. The molecule has 0 saturated heterocycles. The lowest BCUT2D eigenvalue weighted by Gasteiger charge is -2.26. The van der Waals surface area contributed by atoms with Gasteiger partial charge in [0.2, 0.25) is 0 Å². The number of tetrazole rings is 1. The number of hydrogen-bond donors (Lipinski definition) is 1. The van der Waals surface area contributed by atoms with Crippen LogP contribution in [-0.2, 0) is 13.7 Å². The smallest absolute Gasteiger partial charge is 0.368 e. The molecular weight excluding hydrogens is 432 g/mol. The summed E-state index contributed by atoms with van der Waals surface area (Å²) in [6.45, 7) is 9.76. The van der Waals surface area contributed by atoms with Crippen molar-refractivity contribution in [3.8, 4) is 17.2 Å². The zero-order chi connectivity index (χ0) is 24.4. The van der Waals surface area contributed by atoms with E-state index in [-0.39, 0.29) is 12.3 Å². The minimum atomic E-state index is -0.339. The molecule has 2 heterocycles. The molecule has 1 aromatic heterocycles. The van der Waals surface area contributed by atoms with Gasteiger partial charge in [0.25, 0.3) is 0 Å². The molecular formula is C25H32N6O3. The zero-order valence-corrected chi connectivity index (χ0v) is 20.6. The second-order valence-corrected chi connectivity index (χ2v) is 9.00. The second-order valence-electron chi connectivity index (χ2n) is 9.00. The summed E-state index contributed by atoms with van der Waals surface area (Å²) in [4.78, 5) is 12.4. The van der Waals surface area contributed by atoms with Crippen molar-refractivity contribution in [1.82, 2.24) is 30.2 Å². The predicted octanol–water partition coefficient (Wildman–Crippen LogP) is 3.07. The Balaban J connectivity index is 1.59. The fourth-order valence-electron chi connectivity index (χ4n) is 4.12. The third-order valence-corrected chi connectivity index (χ3v) is 5.73. The monoisotopic (exact) mass is 464 g/mol. The van der Waals surface area contributed by atoms with Crippen LogP contribution in [0.5, 0.6) is 11.5 Å². The maximum atomic E-state index is 12.4. The Morgan fingerprint density at radius 2 is 1.94 bits per heavy atom. The molecule has 1 atom stereocenters. The van der Waals surface area contributed by atoms with Gasteiger partial charge in [0.1, 0.15) is 18.1 Å². The molecule has 1 aliphatic heterocycles. The fraction of sp³-hybridized carbons (Fsp3) is 0.400. The number of hydrogen-bond acceptors (Lipinski definition) is 7. The molecule has 0 aliphatic carbocycles. The Hall–Kier alpha value is -3.59. The van der Waals surface area contributed by atoms with Gasteiger partial charge in [-0.2, -0.15) is 9.36 Å². The standard InChI is InChI=1S/C25H32N6O3/c1-16(2)14-30-22(13-18(4)26-30)19-10-11-23(17(3)12-19)34-15-20-21(8-7-9-24(20)33-6)31-25(32)29(5)27-28-31/h7-13,16,18,26H,14-15H2,1-6H3. The van der Waals surface area contributed by atoms with Crippen LogP contribution in [0.15, 0.2) is 47.3 Å². The van der Waals surface area contributed by atoms with Gasteiger partial charge in [-0.1, -0.05) is 19.9 Å². The summed E-state index contributed by atoms with van der Waals surface area (Å²) in [6.07, 6.45) is 2.25. The number of nitrogens with one attached hydrogen (secondary N) is 1. The maximum Gasteiger partial charge on any atom is 0.368 e. The molecule has 4 rings (SSSR count). The third kappa shape index (κ3) is 4.70. The number of hydrazine groups is 1. The number of nitrogens with zero attached hydrogens (tertiary/aromatic N) is 5. The lowest BCUT2D eigenvalue weighted by molar-refractivity contribution is 0.265. The lowest BCUT2D eigenvalue weighted by Crippen LogP contribution is -2.37. The largest absolute Gasteiger partial charge is 0.496 e. The van der Waals surface area contributed by atoms with Crippen LogP contribution in [-0.4, -0.2) is 44.5 Å². The van der Waals surface area contributed by atoms with Gasteiger partial charge in [-0.25, -0.2) is 10.2 Å². The Kier molecular flexibility index (Phi) is 6.74. The zero-order valence-electron chi connectivity index (χ0n) is 20.6. The topological polar surface area (TPSA) is 86.4 Å². The fourth-order valence-corrected chi connectivity index (χ4v) is 4.12. The van der Waals surface area contributed by atoms with E-state index < -0.39 is 0 Å². The quantitative estimate of drug-likeness (QED) is 0.548. The van der Waals surface area contributed by atoms with Crippen LogP contribution in [0.2, 0.25) is 0 Å². The Morgan fingerprint density at radius 1 is 1.15 bits per heavy atom. The first-order valence-corrected chi connectivity index (χ1v) is 11.4. The molecule has 0 amide bonds. The molecule has 2 aromatic carbocycles. The van der Waals surface area contributed by atoms with E-state index in [9.17, 15) is 4.79 Å². The Labute approximate surface area is 199 Å². The van der Waals surface area contributed by atoms with E-state index in [1.165, 1.54) is 15.1 Å². The van der Waals surface area contributed by atoms with E-state index in [2.05, 4.69) is 59.8 Å². The van der Waals surface area contributed by atoms with Crippen molar-refractivity contribution in [1.29, 1.82) is 0 Å². The molecule has 0 radical (unpaired) electrons. The molecule has 3 aromatic rings. The van der Waals surface area contributed by atoms with E-state index in [0.29, 0.717) is 23.4 Å². The molecule has 180 valence electrons. The van der Waals surface area contributed by atoms with E-state index >= 15 is 0 Å². The summed E-state index contributed by atoms with van der Waals surface area (Å²) in [5, 5.41) is 10.0. The molecule has 9 heteroatoms. The van der Waals surface area contributed by atoms with E-state index in [4.69, 9.17) is 9.47 Å². The highest BCUT2D eigenvalue weighted by Crippen LogP contribution is 2.30. The Bertz CT molecular complexity index is 1260. The first-order chi connectivity index (χ1) is 16.3. The summed E-state index contributed by atoms with van der Waals surface area (Å²) in [6, 6.07) is 12.0. The van der Waals surface area contributed by atoms with Crippen LogP contribution in [0.4, 0.5) is 0 Å². The summed E-state index contributed by atoms with van der Waals surface area (Å²) >= 11 is 0. The number of benzene rings is 2. The van der Waals surface area contributed by atoms with Crippen molar-refractivity contribution in [2.45, 2.75) is 40.3 Å². The van der Waals surface area contributed by atoms with E-state index in [0.717, 1.165) is 29.0 Å². The van der Waals surface area contributed by atoms with Gasteiger partial charge in [0.15, 0.2) is 0 Å². The van der Waals surface area contributed by atoms with Crippen molar-refractivity contribution >= 4 is 5.70 Å². The van der Waals surface area contributed by atoms with Crippen molar-refractivity contribution < 1.29 is 9.47 Å². The summed E-state index contributed by atoms with van der Waals surface area (Å²) in [7, 11) is 3.15. The molecule has 1 N–H and O–H groups in total. The molecule has 34 heavy (non-hydrogen) atoms. The maximum absolute atomic E-state index is 12.4. The van der Waals surface area contributed by atoms with Crippen LogP contribution >= 0.6 is 0 Å². The number of ether oxygens (including phenoxy) is 2. The third-order valence-electron chi connectivity index (χ3n) is 5.73. The minimum Gasteiger partial charge on any atom is -0.496 e. The highest BCUT2D eigenvalue weighted by atomic mass is 16.5.